The summed E-state index contributed by atoms with van der Waals surface area (Å²) in [6.45, 7) is 0. The van der Waals surface area contributed by atoms with E-state index in [1.807, 2.05) is 121 Å². The number of halogens is 3. The largest absolute Gasteiger partial charge is 0.416 e. The maximum atomic E-state index is 14.0. The molecule has 0 saturated carbocycles. The highest BCUT2D eigenvalue weighted by molar-refractivity contribution is 5.90. The van der Waals surface area contributed by atoms with Crippen LogP contribution >= 0.6 is 0 Å². The first-order valence-electron chi connectivity index (χ1n) is 13.8. The average molecular weight is 579 g/mol. The van der Waals surface area contributed by atoms with E-state index in [0.29, 0.717) is 5.56 Å². The molecule has 0 radical (unpaired) electrons. The molecule has 0 aliphatic rings. The molecular formula is C36H29F3N2O2. The van der Waals surface area contributed by atoms with Crippen LogP contribution in [0.2, 0.25) is 0 Å². The van der Waals surface area contributed by atoms with Crippen molar-refractivity contribution >= 4 is 11.8 Å². The van der Waals surface area contributed by atoms with Gasteiger partial charge >= 0.3 is 6.18 Å². The van der Waals surface area contributed by atoms with Crippen molar-refractivity contribution in [2.24, 2.45) is 0 Å². The molecule has 0 spiro atoms. The van der Waals surface area contributed by atoms with E-state index in [-0.39, 0.29) is 0 Å². The monoisotopic (exact) mass is 578 g/mol. The van der Waals surface area contributed by atoms with Gasteiger partial charge in [0.1, 0.15) is 6.17 Å². The van der Waals surface area contributed by atoms with Crippen LogP contribution in [0.1, 0.15) is 51.4 Å². The van der Waals surface area contributed by atoms with E-state index in [1.54, 1.807) is 0 Å². The minimum Gasteiger partial charge on any atom is -0.331 e. The maximum absolute atomic E-state index is 14.0. The van der Waals surface area contributed by atoms with E-state index >= 15 is 0 Å². The fraction of sp³-hybridized carbons (Fsp3) is 0.111. The first kappa shape index (κ1) is 29.3. The van der Waals surface area contributed by atoms with Crippen molar-refractivity contribution in [2.75, 3.05) is 0 Å². The highest BCUT2D eigenvalue weighted by Gasteiger charge is 2.32. The summed E-state index contributed by atoms with van der Waals surface area (Å²) in [5.74, 6) is -2.29. The minimum absolute atomic E-state index is 0.300. The third-order valence-electron chi connectivity index (χ3n) is 7.20. The number of carbonyl (C=O) groups excluding carboxylic acids is 2. The predicted molar refractivity (Wildman–Crippen MR) is 160 cm³/mol. The number of hydrogen-bond donors (Lipinski definition) is 2. The number of alkyl halides is 3. The molecule has 2 N–H and O–H groups in total. The Hall–Kier alpha value is -5.17. The third kappa shape index (κ3) is 7.19. The first-order chi connectivity index (χ1) is 20.8. The first-order valence-corrected chi connectivity index (χ1v) is 13.8. The van der Waals surface area contributed by atoms with Gasteiger partial charge in [-0.25, -0.2) is 0 Å². The molecule has 0 bridgehead atoms. The van der Waals surface area contributed by atoms with E-state index in [9.17, 15) is 22.8 Å². The van der Waals surface area contributed by atoms with Crippen molar-refractivity contribution < 1.29 is 22.8 Å². The van der Waals surface area contributed by atoms with Gasteiger partial charge in [-0.1, -0.05) is 133 Å². The zero-order valence-electron chi connectivity index (χ0n) is 23.0. The Balaban J connectivity index is 1.52. The highest BCUT2D eigenvalue weighted by atomic mass is 19.4. The molecule has 0 fully saturated rings. The summed E-state index contributed by atoms with van der Waals surface area (Å²) >= 11 is 0. The number of hydrogen-bond acceptors (Lipinski definition) is 2. The van der Waals surface area contributed by atoms with Crippen LogP contribution in [0.25, 0.3) is 0 Å². The summed E-state index contributed by atoms with van der Waals surface area (Å²) in [6.07, 6.45) is -5.65. The lowest BCUT2D eigenvalue weighted by Gasteiger charge is -2.27. The number of amides is 2. The van der Waals surface area contributed by atoms with Gasteiger partial charge in [0.05, 0.1) is 17.4 Å². The Morgan fingerprint density at radius 3 is 1.02 bits per heavy atom. The number of nitrogens with one attached hydrogen (secondary N) is 2. The van der Waals surface area contributed by atoms with E-state index in [2.05, 4.69) is 10.6 Å². The molecule has 0 unspecified atom stereocenters. The van der Waals surface area contributed by atoms with E-state index in [1.165, 1.54) is 12.1 Å². The van der Waals surface area contributed by atoms with E-state index in [4.69, 9.17) is 0 Å². The van der Waals surface area contributed by atoms with Crippen molar-refractivity contribution in [3.8, 4) is 0 Å². The second-order valence-corrected chi connectivity index (χ2v) is 10.1. The Morgan fingerprint density at radius 2 is 0.744 bits per heavy atom. The SMILES string of the molecule is O=C(NC(NC(=O)C(c1ccccc1)c1ccccc1)c1ccc(C(F)(F)F)cc1)C(c1ccccc1)c1ccccc1. The van der Waals surface area contributed by atoms with Crippen molar-refractivity contribution in [3.63, 3.8) is 0 Å². The summed E-state index contributed by atoms with van der Waals surface area (Å²) in [7, 11) is 0. The molecule has 0 saturated heterocycles. The van der Waals surface area contributed by atoms with Gasteiger partial charge in [-0.3, -0.25) is 9.59 Å². The van der Waals surface area contributed by atoms with Gasteiger partial charge in [0.2, 0.25) is 11.8 Å². The third-order valence-corrected chi connectivity index (χ3v) is 7.20. The van der Waals surface area contributed by atoms with Crippen LogP contribution in [-0.4, -0.2) is 11.8 Å². The molecule has 43 heavy (non-hydrogen) atoms. The van der Waals surface area contributed by atoms with Crippen molar-refractivity contribution in [2.45, 2.75) is 24.2 Å². The molecule has 5 aromatic carbocycles. The predicted octanol–water partition coefficient (Wildman–Crippen LogP) is 7.60. The summed E-state index contributed by atoms with van der Waals surface area (Å²) in [5.41, 5.74) is 2.40. The summed E-state index contributed by atoms with van der Waals surface area (Å²) in [4.78, 5) is 28.0. The van der Waals surface area contributed by atoms with Gasteiger partial charge < -0.3 is 10.6 Å². The Labute approximate surface area is 248 Å². The topological polar surface area (TPSA) is 58.2 Å². The normalized spacial score (nSPS) is 11.5. The second-order valence-electron chi connectivity index (χ2n) is 10.1. The average Bonchev–Trinajstić information content (AvgIpc) is 3.03. The fourth-order valence-corrected chi connectivity index (χ4v) is 5.09. The van der Waals surface area contributed by atoms with Gasteiger partial charge in [0, 0.05) is 0 Å². The maximum Gasteiger partial charge on any atom is 0.416 e. The Bertz CT molecular complexity index is 1450. The number of rotatable bonds is 9. The number of benzene rings is 5. The molecule has 4 nitrogen and oxygen atoms in total. The minimum atomic E-state index is -4.53. The lowest BCUT2D eigenvalue weighted by molar-refractivity contribution is -0.137. The lowest BCUT2D eigenvalue weighted by atomic mass is 9.89. The van der Waals surface area contributed by atoms with Crippen LogP contribution < -0.4 is 10.6 Å². The van der Waals surface area contributed by atoms with Crippen LogP contribution in [0.15, 0.2) is 146 Å². The van der Waals surface area contributed by atoms with Gasteiger partial charge in [-0.2, -0.15) is 13.2 Å². The molecule has 0 atom stereocenters. The molecule has 7 heteroatoms. The molecule has 2 amide bonds. The Morgan fingerprint density at radius 1 is 0.442 bits per heavy atom. The van der Waals surface area contributed by atoms with Crippen LogP contribution in [0.4, 0.5) is 13.2 Å². The zero-order chi connectivity index (χ0) is 30.2. The van der Waals surface area contributed by atoms with E-state index in [0.717, 1.165) is 34.4 Å². The van der Waals surface area contributed by atoms with Gasteiger partial charge in [0.25, 0.3) is 0 Å². The van der Waals surface area contributed by atoms with Crippen molar-refractivity contribution in [3.05, 3.63) is 179 Å². The van der Waals surface area contributed by atoms with Gasteiger partial charge in [-0.15, -0.1) is 0 Å². The molecule has 0 aliphatic heterocycles. The second kappa shape index (κ2) is 13.2. The molecule has 0 aliphatic carbocycles. The molecule has 5 rings (SSSR count). The van der Waals surface area contributed by atoms with Crippen molar-refractivity contribution in [1.82, 2.24) is 10.6 Å². The van der Waals surface area contributed by atoms with Gasteiger partial charge in [0.15, 0.2) is 0 Å². The van der Waals surface area contributed by atoms with E-state index < -0.39 is 41.6 Å². The summed E-state index contributed by atoms with van der Waals surface area (Å²) in [5, 5.41) is 5.85. The molecule has 0 heterocycles. The molecule has 0 aromatic heterocycles. The Kier molecular flexibility index (Phi) is 9.01. The highest BCUT2D eigenvalue weighted by Crippen LogP contribution is 2.31. The van der Waals surface area contributed by atoms with Crippen LogP contribution in [-0.2, 0) is 15.8 Å². The quantitative estimate of drug-likeness (QED) is 0.177. The fourth-order valence-electron chi connectivity index (χ4n) is 5.09. The van der Waals surface area contributed by atoms with Crippen molar-refractivity contribution in [1.29, 1.82) is 0 Å². The molecule has 216 valence electrons. The lowest BCUT2D eigenvalue weighted by Crippen LogP contribution is -2.44. The molecule has 5 aromatic rings. The zero-order valence-corrected chi connectivity index (χ0v) is 23.0. The summed E-state index contributed by atoms with van der Waals surface area (Å²) in [6, 6.07) is 41.2. The standard InChI is InChI=1S/C36H29F3N2O2/c37-36(38,39)30-23-21-29(22-24-30)33(40-34(42)31(25-13-5-1-6-14-25)26-15-7-2-8-16-26)41-35(43)32(27-17-9-3-10-18-27)28-19-11-4-12-20-28/h1-24,31-33H,(H,40,42)(H,41,43). The van der Waals surface area contributed by atoms with Gasteiger partial charge in [-0.05, 0) is 39.9 Å². The van der Waals surface area contributed by atoms with Crippen LogP contribution in [0, 0.1) is 0 Å². The smallest absolute Gasteiger partial charge is 0.331 e. The summed E-state index contributed by atoms with van der Waals surface area (Å²) < 4.78 is 40.1. The van der Waals surface area contributed by atoms with Crippen LogP contribution in [0.5, 0.6) is 0 Å². The molecular weight excluding hydrogens is 549 g/mol. The van der Waals surface area contributed by atoms with Crippen LogP contribution in [0.3, 0.4) is 0 Å². The number of carbonyl (C=O) groups is 2.